The minimum Gasteiger partial charge on any atom is -0.330 e. The molecule has 0 aromatic heterocycles. The number of rotatable bonds is 6. The van der Waals surface area contributed by atoms with E-state index in [0.717, 1.165) is 24.8 Å². The molecule has 0 radical (unpaired) electrons. The fraction of sp³-hybridized carbons (Fsp3) is 0.417. The molecule has 0 saturated carbocycles. The number of benzene rings is 1. The number of terminal acetylenes is 1. The van der Waals surface area contributed by atoms with Crippen molar-refractivity contribution in [3.8, 4) is 12.3 Å². The fourth-order valence-corrected chi connectivity index (χ4v) is 3.40. The quantitative estimate of drug-likeness (QED) is 0.732. The van der Waals surface area contributed by atoms with Crippen molar-refractivity contribution in [2.45, 2.75) is 46.0 Å². The molecule has 4 N–H and O–H groups in total. The van der Waals surface area contributed by atoms with Crippen LogP contribution in [0.1, 0.15) is 55.7 Å². The van der Waals surface area contributed by atoms with Gasteiger partial charge in [0.1, 0.15) is 0 Å². The summed E-state index contributed by atoms with van der Waals surface area (Å²) < 4.78 is 0. The van der Waals surface area contributed by atoms with Gasteiger partial charge in [0.05, 0.1) is 0 Å². The SMILES string of the molecule is C#C/C(=C\C=C1/CC(=C)c2ccc(C)cc2C1C)CCC(C)(CN)CN. The van der Waals surface area contributed by atoms with Crippen molar-refractivity contribution in [3.63, 3.8) is 0 Å². The molecule has 0 bridgehead atoms. The van der Waals surface area contributed by atoms with Crippen molar-refractivity contribution in [1.29, 1.82) is 0 Å². The lowest BCUT2D eigenvalue weighted by Gasteiger charge is -2.28. The molecule has 0 spiro atoms. The molecule has 2 heteroatoms. The van der Waals surface area contributed by atoms with E-state index in [1.165, 1.54) is 27.8 Å². The largest absolute Gasteiger partial charge is 0.330 e. The van der Waals surface area contributed by atoms with Gasteiger partial charge in [-0.2, -0.15) is 0 Å². The van der Waals surface area contributed by atoms with Crippen LogP contribution in [-0.4, -0.2) is 13.1 Å². The highest BCUT2D eigenvalue weighted by Gasteiger charge is 2.23. The maximum Gasteiger partial charge on any atom is 0.00324 e. The molecule has 138 valence electrons. The lowest BCUT2D eigenvalue weighted by molar-refractivity contribution is 0.321. The van der Waals surface area contributed by atoms with Gasteiger partial charge in [-0.3, -0.25) is 0 Å². The normalized spacial score (nSPS) is 19.4. The van der Waals surface area contributed by atoms with Gasteiger partial charge in [-0.25, -0.2) is 0 Å². The van der Waals surface area contributed by atoms with E-state index in [9.17, 15) is 0 Å². The van der Waals surface area contributed by atoms with Crippen LogP contribution in [-0.2, 0) is 0 Å². The zero-order chi connectivity index (χ0) is 19.3. The molecule has 1 atom stereocenters. The van der Waals surface area contributed by atoms with E-state index in [1.807, 2.05) is 0 Å². The van der Waals surface area contributed by atoms with Crippen LogP contribution in [0.2, 0.25) is 0 Å². The Labute approximate surface area is 159 Å². The maximum absolute atomic E-state index is 5.85. The molecular weight excluding hydrogens is 316 g/mol. The zero-order valence-corrected chi connectivity index (χ0v) is 16.4. The number of nitrogens with two attached hydrogens (primary N) is 2. The lowest BCUT2D eigenvalue weighted by atomic mass is 9.77. The van der Waals surface area contributed by atoms with Crippen molar-refractivity contribution >= 4 is 5.57 Å². The molecule has 0 amide bonds. The summed E-state index contributed by atoms with van der Waals surface area (Å²) in [6.45, 7) is 12.0. The first kappa shape index (κ1) is 20.2. The average Bonchev–Trinajstić information content (AvgIpc) is 2.65. The van der Waals surface area contributed by atoms with E-state index in [-0.39, 0.29) is 5.41 Å². The van der Waals surface area contributed by atoms with Gasteiger partial charge in [0.15, 0.2) is 0 Å². The molecule has 26 heavy (non-hydrogen) atoms. The van der Waals surface area contributed by atoms with Crippen molar-refractivity contribution in [2.75, 3.05) is 13.1 Å². The molecule has 2 nitrogen and oxygen atoms in total. The molecule has 0 saturated heterocycles. The molecule has 0 heterocycles. The van der Waals surface area contributed by atoms with Crippen molar-refractivity contribution < 1.29 is 0 Å². The van der Waals surface area contributed by atoms with E-state index >= 15 is 0 Å². The van der Waals surface area contributed by atoms with Gasteiger partial charge < -0.3 is 11.5 Å². The van der Waals surface area contributed by atoms with Gasteiger partial charge in [0.2, 0.25) is 0 Å². The molecule has 1 aromatic rings. The van der Waals surface area contributed by atoms with Gasteiger partial charge in [-0.1, -0.05) is 67.8 Å². The Hall–Kier alpha value is -2.08. The van der Waals surface area contributed by atoms with E-state index < -0.39 is 0 Å². The van der Waals surface area contributed by atoms with Crippen LogP contribution in [0.15, 0.2) is 48.1 Å². The summed E-state index contributed by atoms with van der Waals surface area (Å²) in [6.07, 6.45) is 12.6. The van der Waals surface area contributed by atoms with Crippen molar-refractivity contribution in [2.24, 2.45) is 16.9 Å². The molecule has 1 unspecified atom stereocenters. The highest BCUT2D eigenvalue weighted by atomic mass is 14.7. The summed E-state index contributed by atoms with van der Waals surface area (Å²) in [5.41, 5.74) is 19.1. The average molecular weight is 349 g/mol. The third-order valence-electron chi connectivity index (χ3n) is 5.70. The smallest absolute Gasteiger partial charge is 0.00324 e. The molecule has 1 aliphatic rings. The first-order valence-corrected chi connectivity index (χ1v) is 9.38. The monoisotopic (exact) mass is 348 g/mol. The van der Waals surface area contributed by atoms with E-state index in [2.05, 4.69) is 63.6 Å². The number of fused-ring (bicyclic) bond motifs is 1. The van der Waals surface area contributed by atoms with E-state index in [1.54, 1.807) is 0 Å². The summed E-state index contributed by atoms with van der Waals surface area (Å²) in [6, 6.07) is 6.63. The minimum atomic E-state index is -0.0496. The molecule has 1 aliphatic carbocycles. The molecule has 0 aliphatic heterocycles. The van der Waals surface area contributed by atoms with E-state index in [0.29, 0.717) is 19.0 Å². The second-order valence-electron chi connectivity index (χ2n) is 7.89. The van der Waals surface area contributed by atoms with E-state index in [4.69, 9.17) is 17.9 Å². The Morgan fingerprint density at radius 3 is 2.69 bits per heavy atom. The Bertz CT molecular complexity index is 770. The summed E-state index contributed by atoms with van der Waals surface area (Å²) in [4.78, 5) is 0. The van der Waals surface area contributed by atoms with Crippen molar-refractivity contribution in [1.82, 2.24) is 0 Å². The third-order valence-corrected chi connectivity index (χ3v) is 5.70. The standard InChI is InChI=1S/C24H32N2/c1-6-20(11-12-24(5,15-25)16-26)8-9-21-14-18(3)22-10-7-17(2)13-23(22)19(21)4/h1,7-10,13,19H,3,11-12,14-16,25-26H2,2,4-5H3/b20-8+,21-9+. The highest BCUT2D eigenvalue weighted by molar-refractivity contribution is 5.73. The fourth-order valence-electron chi connectivity index (χ4n) is 3.40. The van der Waals surface area contributed by atoms with Crippen LogP contribution in [0, 0.1) is 24.7 Å². The summed E-state index contributed by atoms with van der Waals surface area (Å²) in [5.74, 6) is 3.21. The second kappa shape index (κ2) is 8.54. The van der Waals surface area contributed by atoms with Gasteiger partial charge in [0, 0.05) is 11.5 Å². The number of allylic oxidation sites excluding steroid dienone is 5. The first-order chi connectivity index (χ1) is 12.3. The summed E-state index contributed by atoms with van der Waals surface area (Å²) in [7, 11) is 0. The Balaban J connectivity index is 2.21. The summed E-state index contributed by atoms with van der Waals surface area (Å²) in [5, 5.41) is 0. The highest BCUT2D eigenvalue weighted by Crippen LogP contribution is 2.41. The second-order valence-corrected chi connectivity index (χ2v) is 7.89. The van der Waals surface area contributed by atoms with Crippen LogP contribution >= 0.6 is 0 Å². The lowest BCUT2D eigenvalue weighted by Crippen LogP contribution is -2.35. The van der Waals surface area contributed by atoms with Gasteiger partial charge in [-0.05, 0) is 61.4 Å². The minimum absolute atomic E-state index is 0.0496. The molecule has 0 fully saturated rings. The van der Waals surface area contributed by atoms with Crippen LogP contribution < -0.4 is 11.5 Å². The predicted molar refractivity (Wildman–Crippen MR) is 114 cm³/mol. The van der Waals surface area contributed by atoms with Gasteiger partial charge in [0.25, 0.3) is 0 Å². The summed E-state index contributed by atoms with van der Waals surface area (Å²) >= 11 is 0. The van der Waals surface area contributed by atoms with Crippen LogP contribution in [0.25, 0.3) is 5.57 Å². The predicted octanol–water partition coefficient (Wildman–Crippen LogP) is 4.71. The topological polar surface area (TPSA) is 52.0 Å². The third kappa shape index (κ3) is 4.55. The Kier molecular flexibility index (Phi) is 6.64. The first-order valence-electron chi connectivity index (χ1n) is 9.38. The zero-order valence-electron chi connectivity index (χ0n) is 16.4. The van der Waals surface area contributed by atoms with Crippen LogP contribution in [0.4, 0.5) is 0 Å². The molecular formula is C24H32N2. The van der Waals surface area contributed by atoms with Gasteiger partial charge in [-0.15, -0.1) is 6.42 Å². The number of aryl methyl sites for hydroxylation is 1. The maximum atomic E-state index is 5.85. The van der Waals surface area contributed by atoms with Crippen LogP contribution in [0.3, 0.4) is 0 Å². The Morgan fingerprint density at radius 1 is 1.38 bits per heavy atom. The van der Waals surface area contributed by atoms with Crippen LogP contribution in [0.5, 0.6) is 0 Å². The molecule has 2 rings (SSSR count). The van der Waals surface area contributed by atoms with Gasteiger partial charge >= 0.3 is 0 Å². The van der Waals surface area contributed by atoms with Crippen molar-refractivity contribution in [3.05, 3.63) is 64.8 Å². The molecule has 1 aromatic carbocycles. The Morgan fingerprint density at radius 2 is 2.08 bits per heavy atom. The number of hydrogen-bond donors (Lipinski definition) is 2. The number of hydrogen-bond acceptors (Lipinski definition) is 2.